The van der Waals surface area contributed by atoms with Crippen LogP contribution in [0.15, 0.2) is 0 Å². The normalized spacial score (nSPS) is 16.7. The topological polar surface area (TPSA) is 71.5 Å². The number of unbranched alkanes of at least 4 members (excludes halogenated alkanes) is 3. The van der Waals surface area contributed by atoms with Gasteiger partial charge < -0.3 is 15.0 Å². The molecule has 1 aromatic rings. The van der Waals surface area contributed by atoms with Gasteiger partial charge in [0, 0.05) is 24.4 Å². The Bertz CT molecular complexity index is 577. The average Bonchev–Trinajstić information content (AvgIpc) is 3.21. The van der Waals surface area contributed by atoms with Crippen molar-refractivity contribution in [1.29, 1.82) is 0 Å². The van der Waals surface area contributed by atoms with Crippen LogP contribution in [0.1, 0.15) is 62.4 Å². The van der Waals surface area contributed by atoms with E-state index in [0.29, 0.717) is 18.1 Å². The predicted molar refractivity (Wildman–Crippen MR) is 105 cm³/mol. The lowest BCUT2D eigenvalue weighted by atomic mass is 10.1. The SMILES string of the molecule is CCCCCCC(=O)N(CC(=O)Nc1nc(C)c(C)s1)CC1CCCO1. The molecule has 2 heterocycles. The number of thiazole rings is 1. The van der Waals surface area contributed by atoms with Gasteiger partial charge in [0.2, 0.25) is 11.8 Å². The zero-order valence-corrected chi connectivity index (χ0v) is 17.0. The molecular formula is C19H31N3O3S. The molecular weight excluding hydrogens is 350 g/mol. The number of hydrogen-bond acceptors (Lipinski definition) is 5. The van der Waals surface area contributed by atoms with Gasteiger partial charge in [-0.1, -0.05) is 26.2 Å². The van der Waals surface area contributed by atoms with Gasteiger partial charge in [0.1, 0.15) is 6.54 Å². The minimum Gasteiger partial charge on any atom is -0.376 e. The van der Waals surface area contributed by atoms with Crippen LogP contribution in [0.2, 0.25) is 0 Å². The minimum absolute atomic E-state index is 0.0400. The molecule has 1 fully saturated rings. The Morgan fingerprint density at radius 1 is 1.31 bits per heavy atom. The average molecular weight is 382 g/mol. The van der Waals surface area contributed by atoms with E-state index in [1.165, 1.54) is 11.3 Å². The van der Waals surface area contributed by atoms with E-state index in [1.807, 2.05) is 13.8 Å². The number of ether oxygens (including phenoxy) is 1. The van der Waals surface area contributed by atoms with Gasteiger partial charge in [-0.15, -0.1) is 11.3 Å². The molecule has 0 aliphatic carbocycles. The van der Waals surface area contributed by atoms with E-state index >= 15 is 0 Å². The van der Waals surface area contributed by atoms with Crippen LogP contribution in [0.25, 0.3) is 0 Å². The lowest BCUT2D eigenvalue weighted by Crippen LogP contribution is -2.42. The van der Waals surface area contributed by atoms with Crippen LogP contribution in [0.3, 0.4) is 0 Å². The molecule has 0 radical (unpaired) electrons. The number of amides is 2. The highest BCUT2D eigenvalue weighted by molar-refractivity contribution is 7.15. The number of hydrogen-bond donors (Lipinski definition) is 1. The standard InChI is InChI=1S/C19H31N3O3S/c1-4-5-6-7-10-18(24)22(12-16-9-8-11-25-16)13-17(23)21-19-20-14(2)15(3)26-19/h16H,4-13H2,1-3H3,(H,20,21,23). The predicted octanol–water partition coefficient (Wildman–Crippen LogP) is 3.68. The summed E-state index contributed by atoms with van der Waals surface area (Å²) in [5.41, 5.74) is 0.925. The number of aromatic nitrogens is 1. The third-order valence-corrected chi connectivity index (χ3v) is 5.64. The van der Waals surface area contributed by atoms with E-state index in [4.69, 9.17) is 4.74 Å². The lowest BCUT2D eigenvalue weighted by molar-refractivity contribution is -0.136. The second-order valence-corrected chi connectivity index (χ2v) is 8.13. The van der Waals surface area contributed by atoms with Crippen molar-refractivity contribution in [2.75, 3.05) is 25.0 Å². The summed E-state index contributed by atoms with van der Waals surface area (Å²) in [6, 6.07) is 0. The van der Waals surface area contributed by atoms with Crippen molar-refractivity contribution < 1.29 is 14.3 Å². The fourth-order valence-electron chi connectivity index (χ4n) is 3.01. The first-order valence-corrected chi connectivity index (χ1v) is 10.4. The highest BCUT2D eigenvalue weighted by atomic mass is 32.1. The van der Waals surface area contributed by atoms with Gasteiger partial charge in [0.15, 0.2) is 5.13 Å². The molecule has 6 nitrogen and oxygen atoms in total. The van der Waals surface area contributed by atoms with Crippen LogP contribution in [-0.4, -0.2) is 47.5 Å². The summed E-state index contributed by atoms with van der Waals surface area (Å²) < 4.78 is 5.66. The quantitative estimate of drug-likeness (QED) is 0.628. The fraction of sp³-hybridized carbons (Fsp3) is 0.737. The van der Waals surface area contributed by atoms with E-state index in [-0.39, 0.29) is 24.5 Å². The van der Waals surface area contributed by atoms with Gasteiger partial charge in [-0.2, -0.15) is 0 Å². The first kappa shape index (κ1) is 20.8. The summed E-state index contributed by atoms with van der Waals surface area (Å²) in [6.45, 7) is 7.35. The molecule has 0 bridgehead atoms. The second-order valence-electron chi connectivity index (χ2n) is 6.93. The Kier molecular flexibility index (Phi) is 8.51. The third-order valence-electron chi connectivity index (χ3n) is 4.65. The maximum atomic E-state index is 12.6. The Balaban J connectivity index is 1.90. The largest absolute Gasteiger partial charge is 0.376 e. The van der Waals surface area contributed by atoms with Gasteiger partial charge in [-0.3, -0.25) is 9.59 Å². The maximum Gasteiger partial charge on any atom is 0.245 e. The van der Waals surface area contributed by atoms with Gasteiger partial charge in [0.05, 0.1) is 11.8 Å². The van der Waals surface area contributed by atoms with Crippen molar-refractivity contribution >= 4 is 28.3 Å². The summed E-state index contributed by atoms with van der Waals surface area (Å²) in [5.74, 6) is -0.156. The van der Waals surface area contributed by atoms with Gasteiger partial charge in [-0.05, 0) is 33.1 Å². The van der Waals surface area contributed by atoms with E-state index in [0.717, 1.165) is 55.7 Å². The van der Waals surface area contributed by atoms with Gasteiger partial charge in [0.25, 0.3) is 0 Å². The van der Waals surface area contributed by atoms with E-state index < -0.39 is 0 Å². The van der Waals surface area contributed by atoms with Gasteiger partial charge in [-0.25, -0.2) is 4.98 Å². The number of rotatable bonds is 10. The molecule has 1 atom stereocenters. The number of nitrogens with one attached hydrogen (secondary N) is 1. The molecule has 1 aromatic heterocycles. The summed E-state index contributed by atoms with van der Waals surface area (Å²) in [5, 5.41) is 3.42. The molecule has 146 valence electrons. The van der Waals surface area contributed by atoms with Crippen molar-refractivity contribution in [3.63, 3.8) is 0 Å². The molecule has 1 N–H and O–H groups in total. The highest BCUT2D eigenvalue weighted by Gasteiger charge is 2.24. The molecule has 0 saturated carbocycles. The van der Waals surface area contributed by atoms with Crippen LogP contribution in [-0.2, 0) is 14.3 Å². The summed E-state index contributed by atoms with van der Waals surface area (Å²) in [7, 11) is 0. The molecule has 1 aliphatic heterocycles. The molecule has 1 saturated heterocycles. The van der Waals surface area contributed by atoms with Crippen LogP contribution < -0.4 is 5.32 Å². The van der Waals surface area contributed by atoms with Crippen molar-refractivity contribution in [3.05, 3.63) is 10.6 Å². The first-order valence-electron chi connectivity index (χ1n) is 9.62. The highest BCUT2D eigenvalue weighted by Crippen LogP contribution is 2.21. The molecule has 26 heavy (non-hydrogen) atoms. The smallest absolute Gasteiger partial charge is 0.245 e. The summed E-state index contributed by atoms with van der Waals surface area (Å²) >= 11 is 1.46. The molecule has 1 aliphatic rings. The molecule has 1 unspecified atom stereocenters. The number of anilines is 1. The zero-order valence-electron chi connectivity index (χ0n) is 16.2. The van der Waals surface area contributed by atoms with Gasteiger partial charge >= 0.3 is 0 Å². The Morgan fingerprint density at radius 2 is 2.12 bits per heavy atom. The number of nitrogens with zero attached hydrogens (tertiary/aromatic N) is 2. The Hall–Kier alpha value is -1.47. The summed E-state index contributed by atoms with van der Waals surface area (Å²) in [6.07, 6.45) is 6.73. The number of carbonyl (C=O) groups excluding carboxylic acids is 2. The monoisotopic (exact) mass is 381 g/mol. The van der Waals surface area contributed by atoms with Crippen molar-refractivity contribution in [3.8, 4) is 0 Å². The number of carbonyl (C=O) groups is 2. The van der Waals surface area contributed by atoms with Crippen molar-refractivity contribution in [1.82, 2.24) is 9.88 Å². The zero-order chi connectivity index (χ0) is 18.9. The van der Waals surface area contributed by atoms with Crippen LogP contribution in [0, 0.1) is 13.8 Å². The van der Waals surface area contributed by atoms with Crippen molar-refractivity contribution in [2.24, 2.45) is 0 Å². The Morgan fingerprint density at radius 3 is 2.73 bits per heavy atom. The molecule has 0 spiro atoms. The molecule has 0 aromatic carbocycles. The van der Waals surface area contributed by atoms with Crippen molar-refractivity contribution in [2.45, 2.75) is 71.8 Å². The molecule has 2 amide bonds. The third kappa shape index (κ3) is 6.68. The second kappa shape index (κ2) is 10.6. The maximum absolute atomic E-state index is 12.6. The molecule has 2 rings (SSSR count). The summed E-state index contributed by atoms with van der Waals surface area (Å²) in [4.78, 5) is 32.1. The van der Waals surface area contributed by atoms with Crippen LogP contribution in [0.4, 0.5) is 5.13 Å². The van der Waals surface area contributed by atoms with E-state index in [9.17, 15) is 9.59 Å². The lowest BCUT2D eigenvalue weighted by Gasteiger charge is -2.25. The van der Waals surface area contributed by atoms with E-state index in [1.54, 1.807) is 4.90 Å². The Labute approximate surface area is 160 Å². The fourth-order valence-corrected chi connectivity index (χ4v) is 3.84. The first-order chi connectivity index (χ1) is 12.5. The minimum atomic E-state index is -0.196. The van der Waals surface area contributed by atoms with Crippen LogP contribution in [0.5, 0.6) is 0 Å². The van der Waals surface area contributed by atoms with Crippen LogP contribution >= 0.6 is 11.3 Å². The molecule has 7 heteroatoms. The van der Waals surface area contributed by atoms with E-state index in [2.05, 4.69) is 17.2 Å². The number of aryl methyl sites for hydroxylation is 2.